The van der Waals surface area contributed by atoms with E-state index < -0.39 is 0 Å². The minimum Gasteiger partial charge on any atom is -0.497 e. The Morgan fingerprint density at radius 3 is 2.74 bits per heavy atom. The van der Waals surface area contributed by atoms with Gasteiger partial charge in [0.05, 0.1) is 17.7 Å². The highest BCUT2D eigenvalue weighted by Crippen LogP contribution is 2.28. The lowest BCUT2D eigenvalue weighted by Crippen LogP contribution is -2.12. The van der Waals surface area contributed by atoms with Gasteiger partial charge in [-0.05, 0) is 35.6 Å². The van der Waals surface area contributed by atoms with E-state index in [1.807, 2.05) is 47.2 Å². The Kier molecular flexibility index (Phi) is 5.05. The fourth-order valence-corrected chi connectivity index (χ4v) is 3.59. The van der Waals surface area contributed by atoms with Crippen molar-refractivity contribution in [2.75, 3.05) is 12.4 Å². The molecule has 0 spiro atoms. The molecule has 0 bridgehead atoms. The van der Waals surface area contributed by atoms with Crippen LogP contribution in [0.3, 0.4) is 0 Å². The smallest absolute Gasteiger partial charge is 0.226 e. The minimum absolute atomic E-state index is 0.0205. The molecule has 1 amide bonds. The number of thiophene rings is 1. The number of aryl methyl sites for hydroxylation is 1. The maximum Gasteiger partial charge on any atom is 0.226 e. The summed E-state index contributed by atoms with van der Waals surface area (Å²) in [6, 6.07) is 11.8. The second kappa shape index (κ2) is 7.39. The highest BCUT2D eigenvalue weighted by molar-refractivity contribution is 7.16. The molecule has 4 nitrogen and oxygen atoms in total. The highest BCUT2D eigenvalue weighted by atomic mass is 32.1. The van der Waals surface area contributed by atoms with E-state index in [2.05, 4.69) is 10.3 Å². The molecule has 2 aromatic heterocycles. The van der Waals surface area contributed by atoms with Crippen LogP contribution in [0.4, 0.5) is 5.13 Å². The third-order valence-corrected chi connectivity index (χ3v) is 4.97. The summed E-state index contributed by atoms with van der Waals surface area (Å²) >= 11 is 3.09. The molecule has 1 aromatic carbocycles. The molecule has 0 unspecified atom stereocenters. The number of benzene rings is 1. The number of anilines is 1. The second-order valence-electron chi connectivity index (χ2n) is 4.91. The van der Waals surface area contributed by atoms with E-state index in [1.165, 1.54) is 11.3 Å². The van der Waals surface area contributed by atoms with Gasteiger partial charge in [0.1, 0.15) is 5.75 Å². The molecule has 1 N–H and O–H groups in total. The van der Waals surface area contributed by atoms with Gasteiger partial charge in [-0.25, -0.2) is 4.98 Å². The summed E-state index contributed by atoms with van der Waals surface area (Å²) in [7, 11) is 1.64. The first kappa shape index (κ1) is 15.7. The van der Waals surface area contributed by atoms with Gasteiger partial charge in [0.25, 0.3) is 0 Å². The van der Waals surface area contributed by atoms with Crippen LogP contribution in [0.1, 0.15) is 12.0 Å². The van der Waals surface area contributed by atoms with Crippen molar-refractivity contribution in [2.24, 2.45) is 0 Å². The average Bonchev–Trinajstić information content (AvgIpc) is 3.24. The van der Waals surface area contributed by atoms with Crippen LogP contribution in [0.15, 0.2) is 47.2 Å². The number of nitrogens with one attached hydrogen (secondary N) is 1. The zero-order valence-electron chi connectivity index (χ0n) is 12.6. The Labute approximate surface area is 142 Å². The second-order valence-corrected chi connectivity index (χ2v) is 6.72. The molecular formula is C17H16N2O2S2. The molecule has 118 valence electrons. The maximum atomic E-state index is 12.0. The molecule has 0 aliphatic carbocycles. The summed E-state index contributed by atoms with van der Waals surface area (Å²) in [4.78, 5) is 17.6. The van der Waals surface area contributed by atoms with E-state index in [0.29, 0.717) is 18.0 Å². The molecule has 0 aliphatic heterocycles. The monoisotopic (exact) mass is 344 g/mol. The normalized spacial score (nSPS) is 10.5. The van der Waals surface area contributed by atoms with Crippen LogP contribution < -0.4 is 10.1 Å². The maximum absolute atomic E-state index is 12.0. The quantitative estimate of drug-likeness (QED) is 0.719. The molecule has 23 heavy (non-hydrogen) atoms. The van der Waals surface area contributed by atoms with Crippen molar-refractivity contribution in [1.29, 1.82) is 0 Å². The summed E-state index contributed by atoms with van der Waals surface area (Å²) in [5.41, 5.74) is 2.02. The number of hydrogen-bond acceptors (Lipinski definition) is 5. The molecule has 0 radical (unpaired) electrons. The number of ether oxygens (including phenoxy) is 1. The number of hydrogen-bond donors (Lipinski definition) is 1. The fraction of sp³-hybridized carbons (Fsp3) is 0.176. The Morgan fingerprint density at radius 1 is 1.22 bits per heavy atom. The Bertz CT molecular complexity index is 764. The third-order valence-electron chi connectivity index (χ3n) is 3.32. The average molecular weight is 344 g/mol. The molecule has 0 saturated carbocycles. The zero-order valence-corrected chi connectivity index (χ0v) is 14.2. The first-order valence-electron chi connectivity index (χ1n) is 7.17. The Morgan fingerprint density at radius 2 is 2.04 bits per heavy atom. The molecule has 3 rings (SSSR count). The number of thiazole rings is 1. The van der Waals surface area contributed by atoms with Crippen molar-refractivity contribution in [2.45, 2.75) is 12.8 Å². The lowest BCUT2D eigenvalue weighted by atomic mass is 10.1. The van der Waals surface area contributed by atoms with Gasteiger partial charge in [-0.1, -0.05) is 18.2 Å². The van der Waals surface area contributed by atoms with Crippen molar-refractivity contribution >= 4 is 33.7 Å². The SMILES string of the molecule is COc1ccc(CCC(=O)Nc2nc(-c3cccs3)cs2)cc1. The topological polar surface area (TPSA) is 51.2 Å². The number of amides is 1. The highest BCUT2D eigenvalue weighted by Gasteiger charge is 2.09. The van der Waals surface area contributed by atoms with E-state index >= 15 is 0 Å². The van der Waals surface area contributed by atoms with E-state index in [1.54, 1.807) is 18.4 Å². The van der Waals surface area contributed by atoms with Crippen LogP contribution in [0.25, 0.3) is 10.6 Å². The molecular weight excluding hydrogens is 328 g/mol. The van der Waals surface area contributed by atoms with E-state index in [0.717, 1.165) is 21.9 Å². The van der Waals surface area contributed by atoms with Crippen LogP contribution >= 0.6 is 22.7 Å². The molecule has 0 fully saturated rings. The van der Waals surface area contributed by atoms with Crippen molar-refractivity contribution < 1.29 is 9.53 Å². The summed E-state index contributed by atoms with van der Waals surface area (Å²) < 4.78 is 5.12. The van der Waals surface area contributed by atoms with E-state index in [-0.39, 0.29) is 5.91 Å². The molecule has 0 saturated heterocycles. The number of methoxy groups -OCH3 is 1. The zero-order chi connectivity index (χ0) is 16.1. The van der Waals surface area contributed by atoms with Gasteiger partial charge in [0, 0.05) is 11.8 Å². The third kappa shape index (κ3) is 4.18. The van der Waals surface area contributed by atoms with Gasteiger partial charge in [0.2, 0.25) is 5.91 Å². The van der Waals surface area contributed by atoms with E-state index in [9.17, 15) is 4.79 Å². The predicted molar refractivity (Wildman–Crippen MR) is 95.4 cm³/mol. The molecule has 3 aromatic rings. The Balaban J connectivity index is 1.53. The number of rotatable bonds is 6. The van der Waals surface area contributed by atoms with Crippen molar-refractivity contribution in [3.8, 4) is 16.3 Å². The number of nitrogens with zero attached hydrogens (tertiary/aromatic N) is 1. The molecule has 0 atom stereocenters. The first-order chi connectivity index (χ1) is 11.2. The Hall–Kier alpha value is -2.18. The van der Waals surface area contributed by atoms with Crippen LogP contribution in [0.5, 0.6) is 5.75 Å². The van der Waals surface area contributed by atoms with Gasteiger partial charge >= 0.3 is 0 Å². The van der Waals surface area contributed by atoms with Gasteiger partial charge < -0.3 is 10.1 Å². The molecule has 0 aliphatic rings. The van der Waals surface area contributed by atoms with Crippen LogP contribution in [0.2, 0.25) is 0 Å². The first-order valence-corrected chi connectivity index (χ1v) is 8.93. The standard InChI is InChI=1S/C17H16N2O2S2/c1-21-13-7-4-12(5-8-13)6-9-16(20)19-17-18-14(11-23-17)15-3-2-10-22-15/h2-5,7-8,10-11H,6,9H2,1H3,(H,18,19,20). The summed E-state index contributed by atoms with van der Waals surface area (Å²) in [5, 5.41) is 7.49. The van der Waals surface area contributed by atoms with Gasteiger partial charge in [-0.2, -0.15) is 0 Å². The van der Waals surface area contributed by atoms with Crippen LogP contribution in [-0.4, -0.2) is 18.0 Å². The van der Waals surface area contributed by atoms with E-state index in [4.69, 9.17) is 4.74 Å². The summed E-state index contributed by atoms with van der Waals surface area (Å²) in [6.07, 6.45) is 1.12. The van der Waals surface area contributed by atoms with Gasteiger partial charge in [-0.15, -0.1) is 22.7 Å². The minimum atomic E-state index is -0.0205. The molecule has 6 heteroatoms. The molecule has 2 heterocycles. The van der Waals surface area contributed by atoms with Crippen LogP contribution in [0, 0.1) is 0 Å². The largest absolute Gasteiger partial charge is 0.497 e. The number of carbonyl (C=O) groups excluding carboxylic acids is 1. The summed E-state index contributed by atoms with van der Waals surface area (Å²) in [6.45, 7) is 0. The van der Waals surface area contributed by atoms with Crippen molar-refractivity contribution in [3.63, 3.8) is 0 Å². The van der Waals surface area contributed by atoms with Gasteiger partial charge in [0.15, 0.2) is 5.13 Å². The lowest BCUT2D eigenvalue weighted by Gasteiger charge is -2.04. The van der Waals surface area contributed by atoms with Crippen LogP contribution in [-0.2, 0) is 11.2 Å². The number of aromatic nitrogens is 1. The van der Waals surface area contributed by atoms with Gasteiger partial charge in [-0.3, -0.25) is 4.79 Å². The summed E-state index contributed by atoms with van der Waals surface area (Å²) in [5.74, 6) is 0.801. The predicted octanol–water partition coefficient (Wildman–Crippen LogP) is 4.45. The van der Waals surface area contributed by atoms with Crippen molar-refractivity contribution in [3.05, 3.63) is 52.7 Å². The lowest BCUT2D eigenvalue weighted by molar-refractivity contribution is -0.116. The fourth-order valence-electron chi connectivity index (χ4n) is 2.10. The number of carbonyl (C=O) groups is 1. The van der Waals surface area contributed by atoms with Crippen molar-refractivity contribution in [1.82, 2.24) is 4.98 Å².